The van der Waals surface area contributed by atoms with Crippen molar-refractivity contribution in [2.45, 2.75) is 6.10 Å². The molecule has 7 nitrogen and oxygen atoms in total. The van der Waals surface area contributed by atoms with E-state index in [9.17, 15) is 9.59 Å². The highest BCUT2D eigenvalue weighted by Crippen LogP contribution is 2.05. The summed E-state index contributed by atoms with van der Waals surface area (Å²) >= 11 is 0. The van der Waals surface area contributed by atoms with Gasteiger partial charge in [-0.2, -0.15) is 0 Å². The highest BCUT2D eigenvalue weighted by molar-refractivity contribution is 5.87. The van der Waals surface area contributed by atoms with Gasteiger partial charge >= 0.3 is 0 Å². The van der Waals surface area contributed by atoms with Crippen LogP contribution in [-0.4, -0.2) is 87.3 Å². The Morgan fingerprint density at radius 3 is 2.60 bits per heavy atom. The van der Waals surface area contributed by atoms with Gasteiger partial charge in [-0.25, -0.2) is 0 Å². The predicted octanol–water partition coefficient (Wildman–Crippen LogP) is -1.29. The minimum atomic E-state index is -0.574. The summed E-state index contributed by atoms with van der Waals surface area (Å²) in [7, 11) is 1.63. The molecule has 2 aliphatic heterocycles. The summed E-state index contributed by atoms with van der Waals surface area (Å²) in [5.74, 6) is -0.211. The lowest BCUT2D eigenvalue weighted by Gasteiger charge is -2.31. The predicted molar refractivity (Wildman–Crippen MR) is 74.9 cm³/mol. The molecule has 0 spiro atoms. The summed E-state index contributed by atoms with van der Waals surface area (Å²) in [6.07, 6.45) is -0.574. The zero-order valence-corrected chi connectivity index (χ0v) is 12.5. The number of nitrogens with zero attached hydrogens (tertiary/aromatic N) is 2. The molecule has 1 unspecified atom stereocenters. The monoisotopic (exact) mass is 307 g/mol. The smallest absolute Gasteiger partial charge is 0.254 e. The van der Waals surface area contributed by atoms with Crippen LogP contribution in [0.5, 0.6) is 0 Å². The SMILES string of the molecule is CN(CC(=O)N1CCNCC1)C(=O)C1COCCO1.Cl. The van der Waals surface area contributed by atoms with E-state index >= 15 is 0 Å². The Hall–Kier alpha value is -0.890. The molecule has 2 saturated heterocycles. The maximum Gasteiger partial charge on any atom is 0.254 e. The van der Waals surface area contributed by atoms with Crippen molar-refractivity contribution >= 4 is 24.2 Å². The lowest BCUT2D eigenvalue weighted by Crippen LogP contribution is -2.51. The highest BCUT2D eigenvalue weighted by Gasteiger charge is 2.27. The van der Waals surface area contributed by atoms with Gasteiger partial charge in [0.15, 0.2) is 6.10 Å². The summed E-state index contributed by atoms with van der Waals surface area (Å²) in [5, 5.41) is 3.19. The number of hydrogen-bond acceptors (Lipinski definition) is 5. The fourth-order valence-corrected chi connectivity index (χ4v) is 2.17. The number of carbonyl (C=O) groups is 2. The Balaban J connectivity index is 0.00000200. The Morgan fingerprint density at radius 2 is 2.00 bits per heavy atom. The fraction of sp³-hybridized carbons (Fsp3) is 0.833. The standard InChI is InChI=1S/C12H21N3O4.ClH/c1-14(12(17)10-9-18-6-7-19-10)8-11(16)15-4-2-13-3-5-15;/h10,13H,2-9H2,1H3;1H. The van der Waals surface area contributed by atoms with Crippen LogP contribution in [0.3, 0.4) is 0 Å². The molecule has 0 aromatic rings. The first-order chi connectivity index (χ1) is 9.18. The number of carbonyl (C=O) groups excluding carboxylic acids is 2. The second-order valence-electron chi connectivity index (χ2n) is 4.76. The molecule has 20 heavy (non-hydrogen) atoms. The normalized spacial score (nSPS) is 22.9. The van der Waals surface area contributed by atoms with Crippen molar-refractivity contribution in [2.24, 2.45) is 0 Å². The van der Waals surface area contributed by atoms with E-state index in [4.69, 9.17) is 9.47 Å². The van der Waals surface area contributed by atoms with Crippen LogP contribution in [0.2, 0.25) is 0 Å². The summed E-state index contributed by atoms with van der Waals surface area (Å²) in [4.78, 5) is 27.3. The first kappa shape index (κ1) is 17.2. The van der Waals surface area contributed by atoms with Crippen LogP contribution in [0.4, 0.5) is 0 Å². The van der Waals surface area contributed by atoms with Gasteiger partial charge in [0.1, 0.15) is 0 Å². The molecule has 2 rings (SSSR count). The van der Waals surface area contributed by atoms with Gasteiger partial charge in [0.05, 0.1) is 26.4 Å². The summed E-state index contributed by atoms with van der Waals surface area (Å²) < 4.78 is 10.5. The number of amides is 2. The van der Waals surface area contributed by atoms with E-state index in [1.165, 1.54) is 4.90 Å². The third-order valence-electron chi connectivity index (χ3n) is 3.31. The number of piperazine rings is 1. The van der Waals surface area contributed by atoms with Crippen molar-refractivity contribution in [3.05, 3.63) is 0 Å². The summed E-state index contributed by atoms with van der Waals surface area (Å²) in [5.41, 5.74) is 0. The third-order valence-corrected chi connectivity index (χ3v) is 3.31. The number of likely N-dealkylation sites (N-methyl/N-ethyl adjacent to an activating group) is 1. The van der Waals surface area contributed by atoms with E-state index < -0.39 is 6.10 Å². The molecule has 8 heteroatoms. The van der Waals surface area contributed by atoms with Crippen molar-refractivity contribution in [2.75, 3.05) is 59.6 Å². The van der Waals surface area contributed by atoms with Crippen molar-refractivity contribution in [3.63, 3.8) is 0 Å². The Kier molecular flexibility index (Phi) is 7.22. The Bertz CT molecular complexity index is 331. The van der Waals surface area contributed by atoms with Crippen LogP contribution in [0.15, 0.2) is 0 Å². The van der Waals surface area contributed by atoms with Crippen LogP contribution < -0.4 is 5.32 Å². The summed E-state index contributed by atoms with van der Waals surface area (Å²) in [6.45, 7) is 4.33. The van der Waals surface area contributed by atoms with Gasteiger partial charge in [-0.05, 0) is 0 Å². The highest BCUT2D eigenvalue weighted by atomic mass is 35.5. The average Bonchev–Trinajstić information content (AvgIpc) is 2.48. The second kappa shape index (κ2) is 8.41. The molecule has 1 N–H and O–H groups in total. The fourth-order valence-electron chi connectivity index (χ4n) is 2.17. The van der Waals surface area contributed by atoms with Gasteiger partial charge in [0.25, 0.3) is 5.91 Å². The lowest BCUT2D eigenvalue weighted by molar-refractivity contribution is -0.159. The van der Waals surface area contributed by atoms with E-state index in [0.717, 1.165) is 13.1 Å². The van der Waals surface area contributed by atoms with Gasteiger partial charge in [0.2, 0.25) is 5.91 Å². The number of halogens is 1. The first-order valence-electron chi connectivity index (χ1n) is 6.61. The number of rotatable bonds is 3. The minimum absolute atomic E-state index is 0. The Morgan fingerprint density at radius 1 is 1.30 bits per heavy atom. The zero-order valence-electron chi connectivity index (χ0n) is 11.7. The third kappa shape index (κ3) is 4.59. The lowest BCUT2D eigenvalue weighted by atomic mass is 10.3. The van der Waals surface area contributed by atoms with Gasteiger partial charge in [-0.15, -0.1) is 12.4 Å². The van der Waals surface area contributed by atoms with Gasteiger partial charge in [-0.3, -0.25) is 9.59 Å². The molecular formula is C12H22ClN3O4. The van der Waals surface area contributed by atoms with Crippen LogP contribution >= 0.6 is 12.4 Å². The van der Waals surface area contributed by atoms with Gasteiger partial charge in [0, 0.05) is 33.2 Å². The molecule has 0 radical (unpaired) electrons. The van der Waals surface area contributed by atoms with Crippen LogP contribution in [0.1, 0.15) is 0 Å². The zero-order chi connectivity index (χ0) is 13.7. The number of nitrogens with one attached hydrogen (secondary N) is 1. The Labute approximate surface area is 125 Å². The largest absolute Gasteiger partial charge is 0.376 e. The van der Waals surface area contributed by atoms with Gasteiger partial charge in [-0.1, -0.05) is 0 Å². The van der Waals surface area contributed by atoms with Crippen molar-refractivity contribution < 1.29 is 19.1 Å². The molecule has 0 aromatic heterocycles. The van der Waals surface area contributed by atoms with E-state index in [2.05, 4.69) is 5.32 Å². The topological polar surface area (TPSA) is 71.1 Å². The molecule has 0 aromatic carbocycles. The number of ether oxygens (including phenoxy) is 2. The molecule has 116 valence electrons. The molecule has 0 aliphatic carbocycles. The van der Waals surface area contributed by atoms with Gasteiger partial charge < -0.3 is 24.6 Å². The van der Waals surface area contributed by atoms with E-state index in [1.807, 2.05) is 0 Å². The molecule has 1 atom stereocenters. The van der Waals surface area contributed by atoms with E-state index in [0.29, 0.717) is 26.3 Å². The molecule has 2 aliphatic rings. The van der Waals surface area contributed by atoms with Crippen LogP contribution in [0, 0.1) is 0 Å². The van der Waals surface area contributed by atoms with Crippen LogP contribution in [0.25, 0.3) is 0 Å². The van der Waals surface area contributed by atoms with Crippen molar-refractivity contribution in [3.8, 4) is 0 Å². The minimum Gasteiger partial charge on any atom is -0.376 e. The van der Waals surface area contributed by atoms with E-state index in [-0.39, 0.29) is 37.4 Å². The van der Waals surface area contributed by atoms with Crippen molar-refractivity contribution in [1.82, 2.24) is 15.1 Å². The molecule has 2 fully saturated rings. The second-order valence-corrected chi connectivity index (χ2v) is 4.76. The molecule has 0 bridgehead atoms. The quantitative estimate of drug-likeness (QED) is 0.703. The molecule has 2 amide bonds. The molecule has 2 heterocycles. The maximum atomic E-state index is 12.1. The number of hydrogen-bond donors (Lipinski definition) is 1. The first-order valence-corrected chi connectivity index (χ1v) is 6.61. The summed E-state index contributed by atoms with van der Waals surface area (Å²) in [6, 6.07) is 0. The van der Waals surface area contributed by atoms with E-state index in [1.54, 1.807) is 11.9 Å². The average molecular weight is 308 g/mol. The molecular weight excluding hydrogens is 286 g/mol. The van der Waals surface area contributed by atoms with Crippen LogP contribution in [-0.2, 0) is 19.1 Å². The maximum absolute atomic E-state index is 12.1. The molecule has 0 saturated carbocycles. The van der Waals surface area contributed by atoms with Crippen molar-refractivity contribution in [1.29, 1.82) is 0 Å².